The summed E-state index contributed by atoms with van der Waals surface area (Å²) in [6, 6.07) is 4.44. The second-order valence-electron chi connectivity index (χ2n) is 5.27. The highest BCUT2D eigenvalue weighted by Gasteiger charge is 2.30. The number of likely N-dealkylation sites (N-methyl/N-ethyl adjacent to an activating group) is 1. The van der Waals surface area contributed by atoms with Crippen LogP contribution in [-0.4, -0.2) is 31.1 Å². The Morgan fingerprint density at radius 2 is 2.05 bits per heavy atom. The molecular weight excluding hydrogens is 333 g/mol. The van der Waals surface area contributed by atoms with Crippen LogP contribution in [-0.2, 0) is 12.7 Å². The Morgan fingerprint density at radius 3 is 2.65 bits per heavy atom. The lowest BCUT2D eigenvalue weighted by molar-refractivity contribution is -0.137. The molecule has 0 aromatic heterocycles. The number of nitrogens with one attached hydrogen (secondary N) is 1. The summed E-state index contributed by atoms with van der Waals surface area (Å²) in [5.74, 6) is 0. The second-order valence-corrected chi connectivity index (χ2v) is 6.12. The summed E-state index contributed by atoms with van der Waals surface area (Å²) in [7, 11) is 1.92. The van der Waals surface area contributed by atoms with Crippen molar-refractivity contribution in [3.63, 3.8) is 0 Å². The van der Waals surface area contributed by atoms with Crippen LogP contribution in [0.4, 0.5) is 13.2 Å². The molecule has 6 heteroatoms. The number of nitrogens with zero attached hydrogens (tertiary/aromatic N) is 1. The molecule has 1 aliphatic rings. The van der Waals surface area contributed by atoms with Crippen molar-refractivity contribution in [3.05, 3.63) is 33.8 Å². The van der Waals surface area contributed by atoms with Crippen LogP contribution >= 0.6 is 15.9 Å². The summed E-state index contributed by atoms with van der Waals surface area (Å²) in [5.41, 5.74) is 0.0638. The molecule has 1 N–H and O–H groups in total. The van der Waals surface area contributed by atoms with Crippen LogP contribution in [0.5, 0.6) is 0 Å². The molecule has 0 bridgehead atoms. The molecular formula is C14H18BrF3N2. The van der Waals surface area contributed by atoms with Gasteiger partial charge in [0.05, 0.1) is 5.56 Å². The Bertz CT molecular complexity index is 458. The summed E-state index contributed by atoms with van der Waals surface area (Å²) in [6.07, 6.45) is -1.81. The molecule has 0 amide bonds. The van der Waals surface area contributed by atoms with Crippen LogP contribution in [0.1, 0.15) is 24.0 Å². The first-order valence-electron chi connectivity index (χ1n) is 6.64. The fraction of sp³-hybridized carbons (Fsp3) is 0.571. The normalized spacial score (nSPS) is 15.9. The molecule has 1 saturated carbocycles. The Labute approximate surface area is 125 Å². The van der Waals surface area contributed by atoms with Gasteiger partial charge in [-0.05, 0) is 43.7 Å². The molecule has 0 spiro atoms. The first kappa shape index (κ1) is 15.8. The zero-order chi connectivity index (χ0) is 14.8. The Kier molecular flexibility index (Phi) is 5.09. The number of hydrogen-bond donors (Lipinski definition) is 1. The summed E-state index contributed by atoms with van der Waals surface area (Å²) in [5, 5.41) is 3.39. The van der Waals surface area contributed by atoms with E-state index in [4.69, 9.17) is 0 Å². The van der Waals surface area contributed by atoms with Crippen molar-refractivity contribution in [2.75, 3.05) is 20.1 Å². The van der Waals surface area contributed by atoms with E-state index in [1.165, 1.54) is 25.0 Å². The topological polar surface area (TPSA) is 15.3 Å². The first-order valence-corrected chi connectivity index (χ1v) is 7.43. The van der Waals surface area contributed by atoms with Crippen LogP contribution in [0.3, 0.4) is 0 Å². The molecule has 0 aliphatic heterocycles. The van der Waals surface area contributed by atoms with Crippen molar-refractivity contribution in [1.82, 2.24) is 10.2 Å². The van der Waals surface area contributed by atoms with Crippen LogP contribution in [0.15, 0.2) is 22.7 Å². The van der Waals surface area contributed by atoms with Gasteiger partial charge < -0.3 is 10.2 Å². The minimum absolute atomic E-state index is 0.497. The first-order chi connectivity index (χ1) is 9.36. The fourth-order valence-corrected chi connectivity index (χ4v) is 2.36. The van der Waals surface area contributed by atoms with E-state index in [1.54, 1.807) is 0 Å². The van der Waals surface area contributed by atoms with Gasteiger partial charge in [0.2, 0.25) is 0 Å². The van der Waals surface area contributed by atoms with E-state index in [1.807, 2.05) is 11.9 Å². The summed E-state index contributed by atoms with van der Waals surface area (Å²) in [4.78, 5) is 2.02. The van der Waals surface area contributed by atoms with Crippen molar-refractivity contribution in [3.8, 4) is 0 Å². The Balaban J connectivity index is 1.92. The minimum atomic E-state index is -4.29. The molecule has 0 atom stereocenters. The van der Waals surface area contributed by atoms with Gasteiger partial charge in [-0.25, -0.2) is 0 Å². The van der Waals surface area contributed by atoms with Crippen molar-refractivity contribution in [2.24, 2.45) is 0 Å². The predicted molar refractivity (Wildman–Crippen MR) is 76.5 cm³/mol. The monoisotopic (exact) mass is 350 g/mol. The van der Waals surface area contributed by atoms with Crippen LogP contribution in [0.25, 0.3) is 0 Å². The van der Waals surface area contributed by atoms with Crippen LogP contribution in [0.2, 0.25) is 0 Å². The third kappa shape index (κ3) is 4.75. The second kappa shape index (κ2) is 6.45. The van der Waals surface area contributed by atoms with Crippen molar-refractivity contribution in [2.45, 2.75) is 31.6 Å². The molecule has 20 heavy (non-hydrogen) atoms. The third-order valence-corrected chi connectivity index (χ3v) is 4.09. The number of benzene rings is 1. The molecule has 1 aliphatic carbocycles. The van der Waals surface area contributed by atoms with E-state index in [2.05, 4.69) is 21.2 Å². The summed E-state index contributed by atoms with van der Waals surface area (Å²) < 4.78 is 38.8. The number of alkyl halides is 3. The molecule has 0 saturated heterocycles. The standard InChI is InChI=1S/C14H18BrF3N2/c1-20(7-6-19-12-3-4-12)9-10-8-11(14(16,17)18)2-5-13(10)15/h2,5,8,12,19H,3-4,6-7,9H2,1H3. The molecule has 1 aromatic carbocycles. The molecule has 0 heterocycles. The predicted octanol–water partition coefficient (Wildman–Crippen LogP) is 3.65. The van der Waals surface area contributed by atoms with Gasteiger partial charge in [-0.3, -0.25) is 0 Å². The largest absolute Gasteiger partial charge is 0.416 e. The summed E-state index contributed by atoms with van der Waals surface area (Å²) >= 11 is 3.32. The van der Waals surface area contributed by atoms with Gasteiger partial charge in [0.25, 0.3) is 0 Å². The SMILES string of the molecule is CN(CCNC1CC1)Cc1cc(C(F)(F)F)ccc1Br. The van der Waals surface area contributed by atoms with Gasteiger partial charge in [-0.2, -0.15) is 13.2 Å². The van der Waals surface area contributed by atoms with E-state index in [0.29, 0.717) is 22.6 Å². The van der Waals surface area contributed by atoms with Crippen molar-refractivity contribution < 1.29 is 13.2 Å². The zero-order valence-corrected chi connectivity index (χ0v) is 12.9. The van der Waals surface area contributed by atoms with Gasteiger partial charge in [0.15, 0.2) is 0 Å². The minimum Gasteiger partial charge on any atom is -0.313 e. The van der Waals surface area contributed by atoms with E-state index < -0.39 is 11.7 Å². The van der Waals surface area contributed by atoms with Gasteiger partial charge in [-0.1, -0.05) is 15.9 Å². The molecule has 2 nitrogen and oxygen atoms in total. The lowest BCUT2D eigenvalue weighted by Gasteiger charge is -2.19. The highest BCUT2D eigenvalue weighted by molar-refractivity contribution is 9.10. The van der Waals surface area contributed by atoms with Gasteiger partial charge >= 0.3 is 6.18 Å². The maximum atomic E-state index is 12.7. The lowest BCUT2D eigenvalue weighted by atomic mass is 10.1. The fourth-order valence-electron chi connectivity index (χ4n) is 1.99. The average Bonchev–Trinajstić information content (AvgIpc) is 3.14. The zero-order valence-electron chi connectivity index (χ0n) is 11.3. The van der Waals surface area contributed by atoms with Crippen LogP contribution < -0.4 is 5.32 Å². The molecule has 1 fully saturated rings. The van der Waals surface area contributed by atoms with Gasteiger partial charge in [0, 0.05) is 30.1 Å². The maximum absolute atomic E-state index is 12.7. The molecule has 112 valence electrons. The van der Waals surface area contributed by atoms with E-state index >= 15 is 0 Å². The van der Waals surface area contributed by atoms with E-state index in [0.717, 1.165) is 19.2 Å². The highest BCUT2D eigenvalue weighted by atomic mass is 79.9. The molecule has 0 unspecified atom stereocenters. The molecule has 1 aromatic rings. The molecule has 2 rings (SSSR count). The van der Waals surface area contributed by atoms with Gasteiger partial charge in [0.1, 0.15) is 0 Å². The molecule has 0 radical (unpaired) electrons. The number of hydrogen-bond acceptors (Lipinski definition) is 2. The van der Waals surface area contributed by atoms with Crippen molar-refractivity contribution >= 4 is 15.9 Å². The smallest absolute Gasteiger partial charge is 0.313 e. The quantitative estimate of drug-likeness (QED) is 0.842. The highest BCUT2D eigenvalue weighted by Crippen LogP contribution is 2.32. The number of rotatable bonds is 6. The Hall–Kier alpha value is -0.590. The average molecular weight is 351 g/mol. The summed E-state index contributed by atoms with van der Waals surface area (Å²) in [6.45, 7) is 2.19. The number of halogens is 4. The maximum Gasteiger partial charge on any atom is 0.416 e. The van der Waals surface area contributed by atoms with E-state index in [-0.39, 0.29) is 0 Å². The Morgan fingerprint density at radius 1 is 1.35 bits per heavy atom. The van der Waals surface area contributed by atoms with Crippen LogP contribution in [0, 0.1) is 0 Å². The van der Waals surface area contributed by atoms with E-state index in [9.17, 15) is 13.2 Å². The van der Waals surface area contributed by atoms with Gasteiger partial charge in [-0.15, -0.1) is 0 Å². The third-order valence-electron chi connectivity index (χ3n) is 3.32. The van der Waals surface area contributed by atoms with Crippen molar-refractivity contribution in [1.29, 1.82) is 0 Å². The lowest BCUT2D eigenvalue weighted by Crippen LogP contribution is -2.30.